The molecule has 1 aromatic rings. The second-order valence-corrected chi connectivity index (χ2v) is 7.04. The van der Waals surface area contributed by atoms with Crippen LogP contribution in [-0.4, -0.2) is 47.8 Å². The summed E-state index contributed by atoms with van der Waals surface area (Å²) in [7, 11) is 0. The van der Waals surface area contributed by atoms with Gasteiger partial charge in [0.05, 0.1) is 0 Å². The van der Waals surface area contributed by atoms with E-state index in [1.807, 2.05) is 28.0 Å². The number of piperazine rings is 1. The van der Waals surface area contributed by atoms with Gasteiger partial charge in [0.15, 0.2) is 0 Å². The molecule has 4 nitrogen and oxygen atoms in total. The highest BCUT2D eigenvalue weighted by Crippen LogP contribution is 2.27. The highest BCUT2D eigenvalue weighted by Gasteiger charge is 2.30. The molecule has 25 heavy (non-hydrogen) atoms. The zero-order chi connectivity index (χ0) is 17.5. The van der Waals surface area contributed by atoms with Crippen molar-refractivity contribution in [1.82, 2.24) is 9.80 Å². The second kappa shape index (κ2) is 8.84. The molecule has 0 radical (unpaired) electrons. The van der Waals surface area contributed by atoms with Crippen molar-refractivity contribution in [2.24, 2.45) is 5.92 Å². The van der Waals surface area contributed by atoms with Gasteiger partial charge in [0.2, 0.25) is 11.8 Å². The molecule has 0 N–H and O–H groups in total. The highest BCUT2D eigenvalue weighted by molar-refractivity contribution is 5.80. The summed E-state index contributed by atoms with van der Waals surface area (Å²) in [6.07, 6.45) is 9.89. The highest BCUT2D eigenvalue weighted by atomic mass is 16.2. The lowest BCUT2D eigenvalue weighted by molar-refractivity contribution is -0.142. The van der Waals surface area contributed by atoms with Crippen molar-refractivity contribution in [1.29, 1.82) is 0 Å². The first-order valence-electron chi connectivity index (χ1n) is 9.52. The Kier molecular flexibility index (Phi) is 6.26. The second-order valence-electron chi connectivity index (χ2n) is 7.04. The van der Waals surface area contributed by atoms with E-state index in [2.05, 4.69) is 24.3 Å². The lowest BCUT2D eigenvalue weighted by atomic mass is 10.1. The van der Waals surface area contributed by atoms with Crippen molar-refractivity contribution >= 4 is 17.9 Å². The van der Waals surface area contributed by atoms with Gasteiger partial charge in [-0.1, -0.05) is 55.3 Å². The number of nitrogens with zero attached hydrogens (tertiary/aromatic N) is 2. The van der Waals surface area contributed by atoms with Crippen LogP contribution in [0.1, 0.15) is 44.1 Å². The first kappa shape index (κ1) is 17.7. The maximum Gasteiger partial charge on any atom is 0.225 e. The fraction of sp³-hybridized carbons (Fsp3) is 0.524. The van der Waals surface area contributed by atoms with Crippen LogP contribution in [0.4, 0.5) is 0 Å². The van der Waals surface area contributed by atoms with Crippen LogP contribution < -0.4 is 0 Å². The molecule has 1 aromatic carbocycles. The Morgan fingerprint density at radius 3 is 2.28 bits per heavy atom. The molecule has 3 rings (SSSR count). The van der Waals surface area contributed by atoms with Crippen LogP contribution in [0, 0.1) is 5.92 Å². The van der Waals surface area contributed by atoms with E-state index in [9.17, 15) is 9.59 Å². The average Bonchev–Trinajstić information content (AvgIpc) is 3.20. The summed E-state index contributed by atoms with van der Waals surface area (Å²) in [6.45, 7) is 2.75. The molecular formula is C21H28N2O2. The van der Waals surface area contributed by atoms with Gasteiger partial charge in [-0.25, -0.2) is 0 Å². The van der Waals surface area contributed by atoms with Gasteiger partial charge in [0.25, 0.3) is 0 Å². The first-order valence-corrected chi connectivity index (χ1v) is 9.52. The number of rotatable bonds is 5. The molecule has 1 aliphatic heterocycles. The van der Waals surface area contributed by atoms with Gasteiger partial charge >= 0.3 is 0 Å². The normalized spacial score (nSPS) is 18.9. The van der Waals surface area contributed by atoms with Gasteiger partial charge in [0, 0.05) is 38.5 Å². The third-order valence-corrected chi connectivity index (χ3v) is 5.28. The molecular weight excluding hydrogens is 312 g/mol. The summed E-state index contributed by atoms with van der Waals surface area (Å²) in [6, 6.07) is 10.1. The van der Waals surface area contributed by atoms with Crippen molar-refractivity contribution in [3.05, 3.63) is 42.0 Å². The Hall–Kier alpha value is -2.10. The summed E-state index contributed by atoms with van der Waals surface area (Å²) in [5.74, 6) is 0.756. The van der Waals surface area contributed by atoms with E-state index in [1.54, 1.807) is 0 Å². The van der Waals surface area contributed by atoms with Crippen LogP contribution in [0.15, 0.2) is 36.4 Å². The number of allylic oxidation sites excluding steroid dienone is 1. The van der Waals surface area contributed by atoms with Gasteiger partial charge in [-0.3, -0.25) is 9.59 Å². The van der Waals surface area contributed by atoms with Crippen molar-refractivity contribution in [3.8, 4) is 0 Å². The topological polar surface area (TPSA) is 40.6 Å². The maximum atomic E-state index is 12.4. The predicted molar refractivity (Wildman–Crippen MR) is 99.8 cm³/mol. The van der Waals surface area contributed by atoms with E-state index >= 15 is 0 Å². The van der Waals surface area contributed by atoms with E-state index < -0.39 is 0 Å². The molecule has 2 amide bonds. The third kappa shape index (κ3) is 4.94. The van der Waals surface area contributed by atoms with Gasteiger partial charge in [0.1, 0.15) is 0 Å². The van der Waals surface area contributed by atoms with Gasteiger partial charge in [-0.15, -0.1) is 0 Å². The van der Waals surface area contributed by atoms with Crippen LogP contribution in [0.25, 0.3) is 6.08 Å². The predicted octanol–water partition coefficient (Wildman–Crippen LogP) is 3.34. The Labute approximate surface area is 150 Å². The number of hydrogen-bond donors (Lipinski definition) is 0. The molecule has 0 spiro atoms. The Bertz CT molecular complexity index is 598. The summed E-state index contributed by atoms with van der Waals surface area (Å²) in [4.78, 5) is 28.6. The minimum Gasteiger partial charge on any atom is -0.339 e. The fourth-order valence-electron chi connectivity index (χ4n) is 3.76. The molecule has 4 heteroatoms. The summed E-state index contributed by atoms with van der Waals surface area (Å²) in [5, 5.41) is 0. The molecule has 1 saturated heterocycles. The van der Waals surface area contributed by atoms with E-state index in [1.165, 1.54) is 12.8 Å². The molecule has 0 unspecified atom stereocenters. The van der Waals surface area contributed by atoms with Gasteiger partial charge < -0.3 is 9.80 Å². The quantitative estimate of drug-likeness (QED) is 0.825. The zero-order valence-corrected chi connectivity index (χ0v) is 14.9. The Morgan fingerprint density at radius 1 is 0.960 bits per heavy atom. The van der Waals surface area contributed by atoms with E-state index in [0.29, 0.717) is 38.5 Å². The average molecular weight is 340 g/mol. The lowest BCUT2D eigenvalue weighted by Gasteiger charge is -2.36. The smallest absolute Gasteiger partial charge is 0.225 e. The van der Waals surface area contributed by atoms with Crippen LogP contribution in [0.5, 0.6) is 0 Å². The minimum atomic E-state index is 0.200. The SMILES string of the molecule is O=C(CC/C=C/c1ccccc1)N1CCN(C(=O)C2CCCC2)CC1. The summed E-state index contributed by atoms with van der Waals surface area (Å²) >= 11 is 0. The van der Waals surface area contributed by atoms with Crippen molar-refractivity contribution in [2.75, 3.05) is 26.2 Å². The Morgan fingerprint density at radius 2 is 1.60 bits per heavy atom. The maximum absolute atomic E-state index is 12.4. The zero-order valence-electron chi connectivity index (χ0n) is 14.9. The minimum absolute atomic E-state index is 0.200. The molecule has 0 aromatic heterocycles. The van der Waals surface area contributed by atoms with E-state index in [0.717, 1.165) is 24.8 Å². The lowest BCUT2D eigenvalue weighted by Crippen LogP contribution is -2.51. The van der Waals surface area contributed by atoms with Crippen molar-refractivity contribution < 1.29 is 9.59 Å². The summed E-state index contributed by atoms with van der Waals surface area (Å²) in [5.41, 5.74) is 1.16. The number of carbonyl (C=O) groups excluding carboxylic acids is 2. The van der Waals surface area contributed by atoms with Gasteiger partial charge in [-0.2, -0.15) is 0 Å². The van der Waals surface area contributed by atoms with E-state index in [-0.39, 0.29) is 11.8 Å². The van der Waals surface area contributed by atoms with Crippen LogP contribution in [0.2, 0.25) is 0 Å². The number of benzene rings is 1. The largest absolute Gasteiger partial charge is 0.339 e. The van der Waals surface area contributed by atoms with Crippen molar-refractivity contribution in [2.45, 2.75) is 38.5 Å². The van der Waals surface area contributed by atoms with Crippen LogP contribution >= 0.6 is 0 Å². The molecule has 2 aliphatic rings. The first-order chi connectivity index (χ1) is 12.2. The van der Waals surface area contributed by atoms with E-state index in [4.69, 9.17) is 0 Å². The molecule has 1 aliphatic carbocycles. The number of amides is 2. The van der Waals surface area contributed by atoms with Crippen LogP contribution in [-0.2, 0) is 9.59 Å². The monoisotopic (exact) mass is 340 g/mol. The molecule has 0 bridgehead atoms. The molecule has 134 valence electrons. The number of hydrogen-bond acceptors (Lipinski definition) is 2. The number of carbonyl (C=O) groups is 2. The fourth-order valence-corrected chi connectivity index (χ4v) is 3.76. The molecule has 0 atom stereocenters. The summed E-state index contributed by atoms with van der Waals surface area (Å²) < 4.78 is 0. The van der Waals surface area contributed by atoms with Crippen LogP contribution in [0.3, 0.4) is 0 Å². The molecule has 1 heterocycles. The van der Waals surface area contributed by atoms with Gasteiger partial charge in [-0.05, 0) is 24.8 Å². The standard InChI is InChI=1S/C21H28N2O2/c24-20(13-7-4-10-18-8-2-1-3-9-18)22-14-16-23(17-15-22)21(25)19-11-5-6-12-19/h1-4,8-10,19H,5-7,11-17H2/b10-4+. The molecule has 1 saturated carbocycles. The third-order valence-electron chi connectivity index (χ3n) is 5.28. The van der Waals surface area contributed by atoms with Crippen molar-refractivity contribution in [3.63, 3.8) is 0 Å². The molecule has 2 fully saturated rings. The Balaban J connectivity index is 1.38.